The van der Waals surface area contributed by atoms with E-state index in [-0.39, 0.29) is 55.5 Å². The fourth-order valence-corrected chi connectivity index (χ4v) is 7.06. The van der Waals surface area contributed by atoms with Crippen LogP contribution in [0.15, 0.2) is 30.1 Å². The zero-order valence-electron chi connectivity index (χ0n) is 22.0. The van der Waals surface area contributed by atoms with Gasteiger partial charge in [-0.1, -0.05) is 0 Å². The quantitative estimate of drug-likeness (QED) is 0.138. The summed E-state index contributed by atoms with van der Waals surface area (Å²) < 4.78 is 40.2. The van der Waals surface area contributed by atoms with E-state index < -0.39 is 37.5 Å². The average Bonchev–Trinajstić information content (AvgIpc) is 3.64. The van der Waals surface area contributed by atoms with Gasteiger partial charge in [0.05, 0.1) is 44.9 Å². The number of aromatic nitrogens is 8. The van der Waals surface area contributed by atoms with Crippen LogP contribution in [0.2, 0.25) is 0 Å². The largest absolute Gasteiger partial charge is 0.382 e. The van der Waals surface area contributed by atoms with Crippen LogP contribution in [0.4, 0.5) is 10.2 Å². The zero-order chi connectivity index (χ0) is 30.5. The molecule has 2 fully saturated rings. The molecule has 1 saturated carbocycles. The summed E-state index contributed by atoms with van der Waals surface area (Å²) in [6.45, 7) is -8.18. The van der Waals surface area contributed by atoms with Crippen LogP contribution >= 0.6 is 13.4 Å². The van der Waals surface area contributed by atoms with Gasteiger partial charge in [-0.3, -0.25) is 9.36 Å². The average molecular weight is 678 g/mol. The number of rotatable bonds is 11. The number of H-pyrrole nitrogens is 1. The molecule has 5 heterocycles. The number of fused-ring (bicyclic) bond motifs is 2. The van der Waals surface area contributed by atoms with Crippen LogP contribution in [0.25, 0.3) is 22.3 Å². The summed E-state index contributed by atoms with van der Waals surface area (Å²) in [4.78, 5) is 64.9. The predicted molar refractivity (Wildman–Crippen MR) is 155 cm³/mol. The van der Waals surface area contributed by atoms with Crippen LogP contribution in [-0.4, -0.2) is 85.8 Å². The third-order valence-electron chi connectivity index (χ3n) is 7.47. The monoisotopic (exact) mass is 677 g/mol. The summed E-state index contributed by atoms with van der Waals surface area (Å²) in [6.07, 6.45) is 2.54. The van der Waals surface area contributed by atoms with Crippen LogP contribution in [0.3, 0.4) is 0 Å². The second-order valence-electron chi connectivity index (χ2n) is 10.1. The van der Waals surface area contributed by atoms with Crippen LogP contribution in [-0.2, 0) is 41.9 Å². The summed E-state index contributed by atoms with van der Waals surface area (Å²) >= 11 is 9.77. The number of anilines is 1. The Bertz CT molecular complexity index is 1800. The maximum atomic E-state index is 15.0. The second kappa shape index (κ2) is 11.9. The highest BCUT2D eigenvalue weighted by Crippen LogP contribution is 2.52. The third-order valence-corrected chi connectivity index (χ3v) is 9.85. The highest BCUT2D eigenvalue weighted by molar-refractivity contribution is 8.07. The van der Waals surface area contributed by atoms with Crippen molar-refractivity contribution in [3.8, 4) is 0 Å². The van der Waals surface area contributed by atoms with Gasteiger partial charge in [0.15, 0.2) is 28.9 Å². The number of nitrogens with zero attached hydrogens (tertiary/aromatic N) is 7. The molecule has 22 heteroatoms. The third kappa shape index (κ3) is 6.41. The normalized spacial score (nSPS) is 27.4. The number of nitrogen functional groups attached to an aromatic ring is 1. The van der Waals surface area contributed by atoms with Crippen molar-refractivity contribution in [3.05, 3.63) is 35.7 Å². The smallest absolute Gasteiger partial charge is 0.324 e. The summed E-state index contributed by atoms with van der Waals surface area (Å²) in [5, 5.41) is 0. The molecule has 17 nitrogen and oxygen atoms in total. The minimum atomic E-state index is -3.91. The van der Waals surface area contributed by atoms with Gasteiger partial charge in [0.2, 0.25) is 0 Å². The zero-order valence-corrected chi connectivity index (χ0v) is 25.4. The Hall–Kier alpha value is -2.35. The van der Waals surface area contributed by atoms with Gasteiger partial charge in [-0.15, -0.1) is 0 Å². The Morgan fingerprint density at radius 1 is 1.00 bits per heavy atom. The lowest BCUT2D eigenvalue weighted by Gasteiger charge is -2.45. The molecule has 0 aromatic carbocycles. The van der Waals surface area contributed by atoms with E-state index in [0.717, 1.165) is 0 Å². The molecule has 6 rings (SSSR count). The number of hydrogen-bond acceptors (Lipinski definition) is 13. The van der Waals surface area contributed by atoms with Crippen molar-refractivity contribution in [1.82, 2.24) is 39.0 Å². The van der Waals surface area contributed by atoms with Crippen molar-refractivity contribution < 1.29 is 37.4 Å². The summed E-state index contributed by atoms with van der Waals surface area (Å²) in [6, 6.07) is -0.299. The molecule has 0 radical (unpaired) electrons. The van der Waals surface area contributed by atoms with Gasteiger partial charge in [-0.2, -0.15) is 0 Å². The minimum absolute atomic E-state index is 0.0432. The van der Waals surface area contributed by atoms with E-state index >= 15 is 0 Å². The number of alkyl halides is 1. The van der Waals surface area contributed by atoms with E-state index in [9.17, 15) is 23.9 Å². The van der Waals surface area contributed by atoms with Gasteiger partial charge in [0.1, 0.15) is 18.0 Å². The Morgan fingerprint density at radius 2 is 1.72 bits per heavy atom. The molecule has 1 unspecified atom stereocenters. The van der Waals surface area contributed by atoms with Crippen LogP contribution in [0.1, 0.15) is 25.1 Å². The molecular weight excluding hydrogens is 651 g/mol. The molecule has 0 spiro atoms. The Balaban J connectivity index is 1.10. The van der Waals surface area contributed by atoms with E-state index in [1.54, 1.807) is 4.57 Å². The lowest BCUT2D eigenvalue weighted by atomic mass is 9.70. The highest BCUT2D eigenvalue weighted by atomic mass is 32.5. The number of nitrogens with two attached hydrogens (primary N) is 1. The maximum absolute atomic E-state index is 15.0. The van der Waals surface area contributed by atoms with E-state index in [0.29, 0.717) is 23.2 Å². The first kappa shape index (κ1) is 30.7. The first-order valence-electron chi connectivity index (χ1n) is 12.8. The Kier molecular flexibility index (Phi) is 8.46. The van der Waals surface area contributed by atoms with E-state index in [1.165, 1.54) is 29.9 Å². The predicted octanol–water partition coefficient (Wildman–Crippen LogP) is 0.820. The standard InChI is InChI=1S/C21H26FN9O8P2S2/c22-13-2-11(39-21(13)31-9-28-15-17(23)24-6-25-18(15)31)4-37-41(35,43)38-5-12-10(3-36-40(33,34)42)1-14(12)30-8-29-16-19(30)26-7-27-20(16)32/h6-14,21H,1-5H2,(H,35,43)(H2,23,24,25)(H,26,27,32)(H2,33,34,42)/t10-,11+,12-,13-,14-,21-,41?/m1/s1. The fourth-order valence-electron chi connectivity index (χ4n) is 5.34. The molecule has 7 atom stereocenters. The number of halogens is 1. The van der Waals surface area contributed by atoms with Crippen molar-refractivity contribution in [1.29, 1.82) is 0 Å². The molecule has 1 aliphatic heterocycles. The first-order chi connectivity index (χ1) is 20.4. The number of aromatic amines is 1. The van der Waals surface area contributed by atoms with Gasteiger partial charge in [-0.05, 0) is 36.0 Å². The molecule has 232 valence electrons. The highest BCUT2D eigenvalue weighted by Gasteiger charge is 2.45. The van der Waals surface area contributed by atoms with Crippen molar-refractivity contribution >= 4 is 65.2 Å². The van der Waals surface area contributed by atoms with Crippen molar-refractivity contribution in [2.75, 3.05) is 25.6 Å². The van der Waals surface area contributed by atoms with Gasteiger partial charge >= 0.3 is 13.4 Å². The van der Waals surface area contributed by atoms with Gasteiger partial charge in [0, 0.05) is 18.4 Å². The van der Waals surface area contributed by atoms with Crippen molar-refractivity contribution in [2.45, 2.75) is 37.4 Å². The molecule has 43 heavy (non-hydrogen) atoms. The molecule has 4 aromatic heterocycles. The summed E-state index contributed by atoms with van der Waals surface area (Å²) in [5.74, 6) is -0.499. The molecule has 6 N–H and O–H groups in total. The van der Waals surface area contributed by atoms with Gasteiger partial charge in [0.25, 0.3) is 5.56 Å². The second-order valence-corrected chi connectivity index (χ2v) is 15.6. The fraction of sp³-hybridized carbons (Fsp3) is 0.524. The SMILES string of the molecule is Nc1ncnc2c1ncn2[C@@H]1O[C@H](COP(O)(=S)OC[C@@H]2[C@@H](COP(O)(O)=S)C[C@H]2n2cnc3c(=O)[nH]cnc32)C[C@H]1F. The van der Waals surface area contributed by atoms with Crippen LogP contribution in [0, 0.1) is 11.8 Å². The molecule has 1 saturated heterocycles. The summed E-state index contributed by atoms with van der Waals surface area (Å²) in [5.41, 5.74) is 6.55. The van der Waals surface area contributed by atoms with Gasteiger partial charge in [-0.25, -0.2) is 29.3 Å². The summed E-state index contributed by atoms with van der Waals surface area (Å²) in [7, 11) is 0. The molecule has 1 aliphatic carbocycles. The minimum Gasteiger partial charge on any atom is -0.382 e. The lowest BCUT2D eigenvalue weighted by molar-refractivity contribution is -0.0363. The first-order valence-corrected chi connectivity index (χ1v) is 18.1. The van der Waals surface area contributed by atoms with E-state index in [4.69, 9.17) is 35.8 Å². The maximum Gasteiger partial charge on any atom is 0.324 e. The molecule has 4 aromatic rings. The molecule has 0 bridgehead atoms. The molecular formula is C21H26FN9O8P2S2. The molecule has 0 amide bonds. The Labute approximate surface area is 251 Å². The lowest BCUT2D eigenvalue weighted by Crippen LogP contribution is -2.43. The van der Waals surface area contributed by atoms with Crippen LogP contribution in [0.5, 0.6) is 0 Å². The Morgan fingerprint density at radius 3 is 2.51 bits per heavy atom. The molecule has 2 aliphatic rings. The number of nitrogens with one attached hydrogen (secondary N) is 1. The topological polar surface area (TPSA) is 231 Å². The number of imidazole rings is 2. The van der Waals surface area contributed by atoms with Crippen molar-refractivity contribution in [2.24, 2.45) is 11.8 Å². The van der Waals surface area contributed by atoms with Crippen molar-refractivity contribution in [3.63, 3.8) is 0 Å². The van der Waals surface area contributed by atoms with E-state index in [2.05, 4.69) is 41.7 Å². The van der Waals surface area contributed by atoms with Gasteiger partial charge < -0.3 is 48.3 Å². The number of ether oxygens (including phenoxy) is 1. The number of hydrogen-bond donors (Lipinski definition) is 5. The van der Waals surface area contributed by atoms with Crippen LogP contribution < -0.4 is 11.3 Å². The van der Waals surface area contributed by atoms with E-state index in [1.807, 2.05) is 0 Å².